The fourth-order valence-corrected chi connectivity index (χ4v) is 3.06. The average Bonchev–Trinajstić information content (AvgIpc) is 2.50. The molecule has 0 unspecified atom stereocenters. The summed E-state index contributed by atoms with van der Waals surface area (Å²) in [6.07, 6.45) is 5.00. The molecule has 3 atom stereocenters. The van der Waals surface area contributed by atoms with Gasteiger partial charge in [-0.2, -0.15) is 0 Å². The summed E-state index contributed by atoms with van der Waals surface area (Å²) in [5, 5.41) is 5.08. The van der Waals surface area contributed by atoms with Crippen molar-refractivity contribution in [2.24, 2.45) is 11.7 Å². The highest BCUT2D eigenvalue weighted by molar-refractivity contribution is 5.95. The van der Waals surface area contributed by atoms with Crippen LogP contribution in [0.15, 0.2) is 24.3 Å². The molecule has 0 radical (unpaired) electrons. The minimum atomic E-state index is -0.467. The van der Waals surface area contributed by atoms with Gasteiger partial charge in [-0.3, -0.25) is 9.59 Å². The molecule has 1 aromatic rings. The van der Waals surface area contributed by atoms with E-state index in [2.05, 4.69) is 17.6 Å². The number of nitrogens with two attached hydrogens (primary N) is 2. The zero-order chi connectivity index (χ0) is 16.1. The van der Waals surface area contributed by atoms with E-state index in [1.165, 1.54) is 25.7 Å². The van der Waals surface area contributed by atoms with Crippen LogP contribution in [-0.4, -0.2) is 23.9 Å². The van der Waals surface area contributed by atoms with E-state index in [4.69, 9.17) is 5.73 Å². The van der Waals surface area contributed by atoms with E-state index < -0.39 is 5.91 Å². The molecule has 5 heteroatoms. The lowest BCUT2D eigenvalue weighted by molar-refractivity contribution is -0.714. The molecule has 1 saturated carbocycles. The topological polar surface area (TPSA) is 88.8 Å². The number of primary amides is 1. The Hall–Kier alpha value is -1.88. The van der Waals surface area contributed by atoms with E-state index >= 15 is 0 Å². The van der Waals surface area contributed by atoms with E-state index in [-0.39, 0.29) is 11.9 Å². The Morgan fingerprint density at radius 3 is 2.45 bits per heavy atom. The third-order valence-electron chi connectivity index (χ3n) is 4.56. The molecule has 0 spiro atoms. The minimum absolute atomic E-state index is 0.00963. The Balaban J connectivity index is 1.89. The summed E-state index contributed by atoms with van der Waals surface area (Å²) in [5.74, 6) is 0.189. The molecule has 1 fully saturated rings. The van der Waals surface area contributed by atoms with Crippen LogP contribution in [0, 0.1) is 5.92 Å². The van der Waals surface area contributed by atoms with Crippen molar-refractivity contribution >= 4 is 17.5 Å². The number of carbonyl (C=O) groups excluding carboxylic acids is 2. The number of benzene rings is 1. The first-order valence-corrected chi connectivity index (χ1v) is 8.03. The van der Waals surface area contributed by atoms with Gasteiger partial charge in [-0.05, 0) is 50.5 Å². The maximum Gasteiger partial charge on any atom is 0.282 e. The van der Waals surface area contributed by atoms with Crippen molar-refractivity contribution in [1.29, 1.82) is 0 Å². The second-order valence-corrected chi connectivity index (χ2v) is 6.34. The Kier molecular flexibility index (Phi) is 5.55. The summed E-state index contributed by atoms with van der Waals surface area (Å²) < 4.78 is 0. The van der Waals surface area contributed by atoms with Crippen molar-refractivity contribution in [3.8, 4) is 0 Å². The van der Waals surface area contributed by atoms with Gasteiger partial charge in [0.1, 0.15) is 0 Å². The fourth-order valence-electron chi connectivity index (χ4n) is 3.06. The lowest BCUT2D eigenvalue weighted by Gasteiger charge is -2.28. The summed E-state index contributed by atoms with van der Waals surface area (Å²) in [4.78, 5) is 23.3. The smallest absolute Gasteiger partial charge is 0.282 e. The van der Waals surface area contributed by atoms with Crippen molar-refractivity contribution < 1.29 is 14.9 Å². The van der Waals surface area contributed by atoms with Gasteiger partial charge in [0.2, 0.25) is 5.91 Å². The first-order valence-electron chi connectivity index (χ1n) is 8.03. The summed E-state index contributed by atoms with van der Waals surface area (Å²) in [6.45, 7) is 4.21. The molecule has 1 aliphatic carbocycles. The molecule has 120 valence electrons. The van der Waals surface area contributed by atoms with Crippen molar-refractivity contribution in [3.63, 3.8) is 0 Å². The monoisotopic (exact) mass is 304 g/mol. The highest BCUT2D eigenvalue weighted by Crippen LogP contribution is 2.21. The predicted molar refractivity (Wildman–Crippen MR) is 86.4 cm³/mol. The molecule has 5 nitrogen and oxygen atoms in total. The van der Waals surface area contributed by atoms with Crippen molar-refractivity contribution in [2.75, 3.05) is 5.32 Å². The predicted octanol–water partition coefficient (Wildman–Crippen LogP) is 1.25. The number of hydrogen-bond donors (Lipinski definition) is 3. The second-order valence-electron chi connectivity index (χ2n) is 6.34. The molecular formula is C17H26N3O2+. The van der Waals surface area contributed by atoms with Gasteiger partial charge in [-0.15, -0.1) is 0 Å². The molecule has 0 aromatic heterocycles. The van der Waals surface area contributed by atoms with Crippen LogP contribution in [0.3, 0.4) is 0 Å². The molecule has 0 saturated heterocycles. The number of rotatable bonds is 5. The molecule has 22 heavy (non-hydrogen) atoms. The molecule has 1 aromatic carbocycles. The van der Waals surface area contributed by atoms with E-state index in [0.29, 0.717) is 23.2 Å². The highest BCUT2D eigenvalue weighted by atomic mass is 16.2. The molecule has 1 aliphatic rings. The largest absolute Gasteiger partial charge is 0.366 e. The van der Waals surface area contributed by atoms with Crippen LogP contribution in [0.1, 0.15) is 49.9 Å². The van der Waals surface area contributed by atoms with E-state index in [1.54, 1.807) is 24.3 Å². The van der Waals surface area contributed by atoms with Gasteiger partial charge in [0.25, 0.3) is 5.91 Å². The highest BCUT2D eigenvalue weighted by Gasteiger charge is 2.28. The first-order chi connectivity index (χ1) is 10.5. The lowest BCUT2D eigenvalue weighted by atomic mass is 9.85. The maximum atomic E-state index is 12.3. The van der Waals surface area contributed by atoms with Crippen molar-refractivity contribution in [1.82, 2.24) is 0 Å². The van der Waals surface area contributed by atoms with Gasteiger partial charge in [-0.25, -0.2) is 0 Å². The molecule has 2 rings (SSSR count). The SMILES string of the molecule is C[C@H]([NH2+][C@@H]1CCCC[C@H]1C)C(=O)Nc1ccc(C(N)=O)cc1. The normalized spacial score (nSPS) is 22.8. The van der Waals surface area contributed by atoms with Gasteiger partial charge >= 0.3 is 0 Å². The van der Waals surface area contributed by atoms with Gasteiger partial charge < -0.3 is 16.4 Å². The molecule has 0 aliphatic heterocycles. The second kappa shape index (κ2) is 7.40. The molecule has 0 bridgehead atoms. The summed E-state index contributed by atoms with van der Waals surface area (Å²) in [6, 6.07) is 7.06. The third kappa shape index (κ3) is 4.31. The van der Waals surface area contributed by atoms with Crippen LogP contribution in [0.5, 0.6) is 0 Å². The van der Waals surface area contributed by atoms with Crippen LogP contribution in [-0.2, 0) is 4.79 Å². The van der Waals surface area contributed by atoms with Crippen LogP contribution in [0.2, 0.25) is 0 Å². The van der Waals surface area contributed by atoms with Gasteiger partial charge in [0.05, 0.1) is 6.04 Å². The van der Waals surface area contributed by atoms with Gasteiger partial charge in [0.15, 0.2) is 6.04 Å². The van der Waals surface area contributed by atoms with Crippen LogP contribution >= 0.6 is 0 Å². The lowest BCUT2D eigenvalue weighted by Crippen LogP contribution is -2.97. The first kappa shape index (κ1) is 16.5. The van der Waals surface area contributed by atoms with Crippen LogP contribution < -0.4 is 16.4 Å². The van der Waals surface area contributed by atoms with E-state index in [0.717, 1.165) is 0 Å². The Bertz CT molecular complexity index is 527. The molecule has 2 amide bonds. The quantitative estimate of drug-likeness (QED) is 0.764. The Morgan fingerprint density at radius 2 is 1.86 bits per heavy atom. The zero-order valence-corrected chi connectivity index (χ0v) is 13.3. The number of anilines is 1. The van der Waals surface area contributed by atoms with Gasteiger partial charge in [0, 0.05) is 17.2 Å². The number of quaternary nitrogens is 1. The standard InChI is InChI=1S/C17H25N3O2/c1-11-5-3-4-6-15(11)19-12(2)17(22)20-14-9-7-13(8-10-14)16(18)21/h7-12,15,19H,3-6H2,1-2H3,(H2,18,21)(H,20,22)/p+1/t11-,12+,15-/m1/s1. The summed E-state index contributed by atoms with van der Waals surface area (Å²) >= 11 is 0. The molecular weight excluding hydrogens is 278 g/mol. The van der Waals surface area contributed by atoms with E-state index in [9.17, 15) is 9.59 Å². The number of amides is 2. The van der Waals surface area contributed by atoms with E-state index in [1.807, 2.05) is 6.92 Å². The Morgan fingerprint density at radius 1 is 1.23 bits per heavy atom. The number of hydrogen-bond acceptors (Lipinski definition) is 2. The average molecular weight is 304 g/mol. The van der Waals surface area contributed by atoms with Crippen molar-refractivity contribution in [2.45, 2.75) is 51.6 Å². The zero-order valence-electron chi connectivity index (χ0n) is 13.3. The van der Waals surface area contributed by atoms with Gasteiger partial charge in [-0.1, -0.05) is 13.3 Å². The maximum absolute atomic E-state index is 12.3. The fraction of sp³-hybridized carbons (Fsp3) is 0.529. The summed E-state index contributed by atoms with van der Waals surface area (Å²) in [5.41, 5.74) is 6.32. The minimum Gasteiger partial charge on any atom is -0.366 e. The Labute approximate surface area is 131 Å². The molecule has 5 N–H and O–H groups in total. The third-order valence-corrected chi connectivity index (χ3v) is 4.56. The molecule has 0 heterocycles. The number of nitrogens with one attached hydrogen (secondary N) is 1. The van der Waals surface area contributed by atoms with Crippen molar-refractivity contribution in [3.05, 3.63) is 29.8 Å². The number of carbonyl (C=O) groups is 2. The summed E-state index contributed by atoms with van der Waals surface area (Å²) in [7, 11) is 0. The van der Waals surface area contributed by atoms with Crippen LogP contribution in [0.4, 0.5) is 5.69 Å². The van der Waals surface area contributed by atoms with Crippen LogP contribution in [0.25, 0.3) is 0 Å².